The van der Waals surface area contributed by atoms with Crippen molar-refractivity contribution in [2.75, 3.05) is 0 Å². The number of hydrogen-bond acceptors (Lipinski definition) is 1. The lowest BCUT2D eigenvalue weighted by molar-refractivity contribution is 0.360. The van der Waals surface area contributed by atoms with Crippen molar-refractivity contribution in [2.24, 2.45) is 0 Å². The summed E-state index contributed by atoms with van der Waals surface area (Å²) in [6, 6.07) is 10.3. The molecule has 1 heterocycles. The van der Waals surface area contributed by atoms with Crippen LogP contribution in [0.15, 0.2) is 41.0 Å². The number of rotatable bonds is 1. The first-order chi connectivity index (χ1) is 7.50. The van der Waals surface area contributed by atoms with Crippen molar-refractivity contribution in [3.05, 3.63) is 41.0 Å². The van der Waals surface area contributed by atoms with E-state index < -0.39 is 0 Å². The summed E-state index contributed by atoms with van der Waals surface area (Å²) in [5.41, 5.74) is 2.31. The summed E-state index contributed by atoms with van der Waals surface area (Å²) in [6.07, 6.45) is 1.85. The van der Waals surface area contributed by atoms with Gasteiger partial charge in [-0.2, -0.15) is 5.10 Å². The van der Waals surface area contributed by atoms with Gasteiger partial charge in [0.1, 0.15) is 0 Å². The molecule has 1 aromatic carbocycles. The summed E-state index contributed by atoms with van der Waals surface area (Å²) in [4.78, 5) is 0. The van der Waals surface area contributed by atoms with Crippen molar-refractivity contribution in [1.29, 1.82) is 0 Å². The fraction of sp³-hybridized carbons (Fsp3) is 0.308. The molecular formula is C13H15BrN2. The molecule has 2 rings (SSSR count). The summed E-state index contributed by atoms with van der Waals surface area (Å²) in [5.74, 6) is 0. The van der Waals surface area contributed by atoms with E-state index in [-0.39, 0.29) is 5.54 Å². The second-order valence-electron chi connectivity index (χ2n) is 4.78. The third-order valence-corrected chi connectivity index (χ3v) is 3.12. The minimum atomic E-state index is -0.00584. The zero-order chi connectivity index (χ0) is 11.8. The van der Waals surface area contributed by atoms with E-state index in [1.54, 1.807) is 0 Å². The summed E-state index contributed by atoms with van der Waals surface area (Å²) < 4.78 is 3.15. The quantitative estimate of drug-likeness (QED) is 0.769. The summed E-state index contributed by atoms with van der Waals surface area (Å²) in [6.45, 7) is 6.46. The van der Waals surface area contributed by atoms with Gasteiger partial charge in [-0.05, 0) is 32.9 Å². The Hall–Kier alpha value is -1.09. The smallest absolute Gasteiger partial charge is 0.0699 e. The second kappa shape index (κ2) is 4.06. The van der Waals surface area contributed by atoms with E-state index >= 15 is 0 Å². The second-order valence-corrected chi connectivity index (χ2v) is 5.63. The molecule has 0 unspecified atom stereocenters. The Morgan fingerprint density at radius 2 is 1.81 bits per heavy atom. The number of halogens is 1. The van der Waals surface area contributed by atoms with Gasteiger partial charge in [-0.15, -0.1) is 0 Å². The minimum Gasteiger partial charge on any atom is -0.260 e. The molecule has 16 heavy (non-hydrogen) atoms. The Balaban J connectivity index is 2.58. The van der Waals surface area contributed by atoms with Gasteiger partial charge < -0.3 is 0 Å². The van der Waals surface area contributed by atoms with Crippen molar-refractivity contribution in [3.8, 4) is 11.3 Å². The molecule has 0 aliphatic heterocycles. The van der Waals surface area contributed by atoms with Gasteiger partial charge in [-0.25, -0.2) is 0 Å². The average molecular weight is 279 g/mol. The van der Waals surface area contributed by atoms with E-state index in [0.717, 1.165) is 10.2 Å². The molecule has 0 amide bonds. The fourth-order valence-electron chi connectivity index (χ4n) is 1.71. The topological polar surface area (TPSA) is 17.8 Å². The van der Waals surface area contributed by atoms with E-state index in [9.17, 15) is 0 Å². The van der Waals surface area contributed by atoms with Crippen molar-refractivity contribution in [3.63, 3.8) is 0 Å². The van der Waals surface area contributed by atoms with Crippen LogP contribution in [0.5, 0.6) is 0 Å². The first-order valence-electron chi connectivity index (χ1n) is 5.29. The molecule has 0 aliphatic carbocycles. The zero-order valence-corrected chi connectivity index (χ0v) is 11.3. The molecule has 1 aromatic heterocycles. The Kier molecular flexibility index (Phi) is 2.89. The number of nitrogens with zero attached hydrogens (tertiary/aromatic N) is 2. The Labute approximate surface area is 104 Å². The molecule has 0 N–H and O–H groups in total. The number of aromatic nitrogens is 2. The Bertz CT molecular complexity index is 495. The third-order valence-electron chi connectivity index (χ3n) is 2.43. The van der Waals surface area contributed by atoms with Crippen LogP contribution in [-0.2, 0) is 5.54 Å². The fourth-order valence-corrected chi connectivity index (χ4v) is 2.20. The van der Waals surface area contributed by atoms with Crippen LogP contribution in [0.3, 0.4) is 0 Å². The van der Waals surface area contributed by atoms with Gasteiger partial charge in [0.05, 0.1) is 11.2 Å². The van der Waals surface area contributed by atoms with E-state index in [0.29, 0.717) is 0 Å². The lowest BCUT2D eigenvalue weighted by Gasteiger charge is -2.22. The SMILES string of the molecule is CC(C)(C)n1nccc1-c1ccccc1Br. The first-order valence-corrected chi connectivity index (χ1v) is 6.09. The van der Waals surface area contributed by atoms with Gasteiger partial charge in [-0.1, -0.05) is 34.1 Å². The number of benzene rings is 1. The van der Waals surface area contributed by atoms with Crippen molar-refractivity contribution >= 4 is 15.9 Å². The predicted octanol–water partition coefficient (Wildman–Crippen LogP) is 4.07. The van der Waals surface area contributed by atoms with Gasteiger partial charge in [0.15, 0.2) is 0 Å². The van der Waals surface area contributed by atoms with E-state index in [4.69, 9.17) is 0 Å². The largest absolute Gasteiger partial charge is 0.260 e. The molecule has 2 nitrogen and oxygen atoms in total. The molecule has 2 aromatic rings. The maximum absolute atomic E-state index is 4.40. The average Bonchev–Trinajstić information content (AvgIpc) is 2.66. The van der Waals surface area contributed by atoms with Gasteiger partial charge in [0, 0.05) is 16.2 Å². The monoisotopic (exact) mass is 278 g/mol. The van der Waals surface area contributed by atoms with Crippen molar-refractivity contribution < 1.29 is 0 Å². The van der Waals surface area contributed by atoms with E-state index in [1.807, 2.05) is 29.1 Å². The van der Waals surface area contributed by atoms with Crippen LogP contribution in [0.25, 0.3) is 11.3 Å². The van der Waals surface area contributed by atoms with Crippen LogP contribution in [0.2, 0.25) is 0 Å². The maximum atomic E-state index is 4.40. The highest BCUT2D eigenvalue weighted by Gasteiger charge is 2.18. The molecule has 3 heteroatoms. The van der Waals surface area contributed by atoms with E-state index in [1.165, 1.54) is 5.56 Å². The van der Waals surface area contributed by atoms with Crippen LogP contribution in [0.4, 0.5) is 0 Å². The predicted molar refractivity (Wildman–Crippen MR) is 70.4 cm³/mol. The van der Waals surface area contributed by atoms with Crippen LogP contribution >= 0.6 is 15.9 Å². The van der Waals surface area contributed by atoms with Gasteiger partial charge in [-0.3, -0.25) is 4.68 Å². The normalized spacial score (nSPS) is 11.8. The Morgan fingerprint density at radius 3 is 2.44 bits per heavy atom. The lowest BCUT2D eigenvalue weighted by Crippen LogP contribution is -2.23. The molecule has 0 radical (unpaired) electrons. The first kappa shape index (κ1) is 11.4. The standard InChI is InChI=1S/C13H15BrN2/c1-13(2,3)16-12(8-9-15-16)10-6-4-5-7-11(10)14/h4-9H,1-3H3. The molecule has 0 saturated heterocycles. The summed E-state index contributed by atoms with van der Waals surface area (Å²) in [7, 11) is 0. The summed E-state index contributed by atoms with van der Waals surface area (Å²) >= 11 is 3.58. The van der Waals surface area contributed by atoms with Crippen LogP contribution in [0, 0.1) is 0 Å². The van der Waals surface area contributed by atoms with Gasteiger partial charge in [0.25, 0.3) is 0 Å². The molecule has 0 saturated carbocycles. The highest BCUT2D eigenvalue weighted by atomic mass is 79.9. The highest BCUT2D eigenvalue weighted by Crippen LogP contribution is 2.30. The van der Waals surface area contributed by atoms with Gasteiger partial charge >= 0.3 is 0 Å². The van der Waals surface area contributed by atoms with Crippen LogP contribution in [0.1, 0.15) is 20.8 Å². The van der Waals surface area contributed by atoms with Crippen LogP contribution in [-0.4, -0.2) is 9.78 Å². The molecule has 0 bridgehead atoms. The molecule has 84 valence electrons. The maximum Gasteiger partial charge on any atom is 0.0699 e. The number of hydrogen-bond donors (Lipinski definition) is 0. The lowest BCUT2D eigenvalue weighted by atomic mass is 10.1. The molecule has 0 fully saturated rings. The molecule has 0 atom stereocenters. The third kappa shape index (κ3) is 2.05. The van der Waals surface area contributed by atoms with Crippen LogP contribution < -0.4 is 0 Å². The van der Waals surface area contributed by atoms with Crippen molar-refractivity contribution in [2.45, 2.75) is 26.3 Å². The van der Waals surface area contributed by atoms with Gasteiger partial charge in [0.2, 0.25) is 0 Å². The molecule has 0 aliphatic rings. The molecular weight excluding hydrogens is 264 g/mol. The minimum absolute atomic E-state index is 0.00584. The summed E-state index contributed by atoms with van der Waals surface area (Å²) in [5, 5.41) is 4.40. The van der Waals surface area contributed by atoms with E-state index in [2.05, 4.69) is 53.9 Å². The highest BCUT2D eigenvalue weighted by molar-refractivity contribution is 9.10. The zero-order valence-electron chi connectivity index (χ0n) is 9.74. The Morgan fingerprint density at radius 1 is 1.12 bits per heavy atom. The molecule has 0 spiro atoms. The van der Waals surface area contributed by atoms with Crippen molar-refractivity contribution in [1.82, 2.24) is 9.78 Å².